The molecule has 0 amide bonds. The summed E-state index contributed by atoms with van der Waals surface area (Å²) in [6.07, 6.45) is -4.78. The summed E-state index contributed by atoms with van der Waals surface area (Å²) in [5.41, 5.74) is -1.24. The van der Waals surface area contributed by atoms with E-state index in [1.807, 2.05) is 0 Å². The van der Waals surface area contributed by atoms with Gasteiger partial charge in [-0.2, -0.15) is 22.7 Å². The molecule has 1 atom stereocenters. The quantitative estimate of drug-likeness (QED) is 0.858. The maximum absolute atomic E-state index is 12.8. The van der Waals surface area contributed by atoms with Gasteiger partial charge in [0.2, 0.25) is 10.0 Å². The maximum atomic E-state index is 12.8. The predicted molar refractivity (Wildman–Crippen MR) is 61.5 cm³/mol. The third-order valence-corrected chi connectivity index (χ3v) is 4.57. The molecule has 1 aromatic carbocycles. The number of rotatable bonds is 3. The van der Waals surface area contributed by atoms with E-state index >= 15 is 0 Å². The van der Waals surface area contributed by atoms with Gasteiger partial charge in [0.15, 0.2) is 0 Å². The molecule has 0 aliphatic heterocycles. The molecule has 4 nitrogen and oxygen atoms in total. The van der Waals surface area contributed by atoms with Crippen LogP contribution in [0.4, 0.5) is 13.2 Å². The first-order valence-corrected chi connectivity index (χ1v) is 6.60. The fourth-order valence-corrected chi connectivity index (χ4v) is 2.86. The number of nitriles is 1. The smallest absolute Gasteiger partial charge is 0.207 e. The molecule has 0 saturated carbocycles. The molecule has 0 N–H and O–H groups in total. The van der Waals surface area contributed by atoms with Crippen molar-refractivity contribution in [1.82, 2.24) is 4.31 Å². The summed E-state index contributed by atoms with van der Waals surface area (Å²) >= 11 is 0. The van der Waals surface area contributed by atoms with Gasteiger partial charge < -0.3 is 0 Å². The summed E-state index contributed by atoms with van der Waals surface area (Å²) in [5.74, 6) is 0. The molecule has 0 spiro atoms. The van der Waals surface area contributed by atoms with E-state index in [4.69, 9.17) is 5.26 Å². The molecule has 8 heteroatoms. The van der Waals surface area contributed by atoms with Crippen LogP contribution in [-0.4, -0.2) is 25.8 Å². The first-order valence-electron chi connectivity index (χ1n) is 5.16. The molecule has 1 unspecified atom stereocenters. The minimum Gasteiger partial charge on any atom is -0.207 e. The highest BCUT2D eigenvalue weighted by atomic mass is 32.2. The van der Waals surface area contributed by atoms with Crippen molar-refractivity contribution in [3.05, 3.63) is 29.8 Å². The fourth-order valence-electron chi connectivity index (χ4n) is 1.37. The third-order valence-electron chi connectivity index (χ3n) is 2.58. The Morgan fingerprint density at radius 3 is 2.32 bits per heavy atom. The van der Waals surface area contributed by atoms with Crippen LogP contribution in [0, 0.1) is 11.3 Å². The normalized spacial score (nSPS) is 14.2. The molecule has 0 bridgehead atoms. The molecule has 104 valence electrons. The molecule has 19 heavy (non-hydrogen) atoms. The van der Waals surface area contributed by atoms with E-state index in [0.717, 1.165) is 19.2 Å². The van der Waals surface area contributed by atoms with Gasteiger partial charge in [-0.05, 0) is 19.1 Å². The van der Waals surface area contributed by atoms with Crippen molar-refractivity contribution < 1.29 is 21.6 Å². The number of alkyl halides is 3. The lowest BCUT2D eigenvalue weighted by molar-refractivity contribution is -0.139. The molecule has 0 saturated heterocycles. The van der Waals surface area contributed by atoms with Gasteiger partial charge >= 0.3 is 6.18 Å². The highest BCUT2D eigenvalue weighted by Gasteiger charge is 2.38. The van der Waals surface area contributed by atoms with E-state index in [9.17, 15) is 21.6 Å². The Morgan fingerprint density at radius 2 is 1.84 bits per heavy atom. The Bertz CT molecular complexity index is 605. The average Bonchev–Trinajstić information content (AvgIpc) is 2.35. The zero-order valence-corrected chi connectivity index (χ0v) is 11.0. The van der Waals surface area contributed by atoms with Crippen molar-refractivity contribution in [2.45, 2.75) is 24.0 Å². The van der Waals surface area contributed by atoms with Crippen LogP contribution in [-0.2, 0) is 16.2 Å². The first kappa shape index (κ1) is 15.5. The summed E-state index contributed by atoms with van der Waals surface area (Å²) < 4.78 is 63.1. The second kappa shape index (κ2) is 5.19. The number of hydrogen-bond acceptors (Lipinski definition) is 3. The molecule has 1 aromatic rings. The molecular formula is C11H11F3N2O2S. The molecule has 0 radical (unpaired) electrons. The Hall–Kier alpha value is -1.59. The largest absolute Gasteiger partial charge is 0.417 e. The number of halogens is 3. The molecular weight excluding hydrogens is 281 g/mol. The van der Waals surface area contributed by atoms with Gasteiger partial charge in [0.05, 0.1) is 16.5 Å². The summed E-state index contributed by atoms with van der Waals surface area (Å²) in [6.45, 7) is 1.29. The van der Waals surface area contributed by atoms with E-state index in [1.54, 1.807) is 6.07 Å². The minimum absolute atomic E-state index is 0.609. The highest BCUT2D eigenvalue weighted by Crippen LogP contribution is 2.35. The van der Waals surface area contributed by atoms with E-state index in [0.29, 0.717) is 10.4 Å². The predicted octanol–water partition coefficient (Wildman–Crippen LogP) is 2.24. The Labute approximate surface area is 109 Å². The summed E-state index contributed by atoms with van der Waals surface area (Å²) in [4.78, 5) is -0.855. The Morgan fingerprint density at radius 1 is 1.32 bits per heavy atom. The monoisotopic (exact) mass is 292 g/mol. The summed E-state index contributed by atoms with van der Waals surface area (Å²) in [6, 6.07) is 4.47. The van der Waals surface area contributed by atoms with Gasteiger partial charge in [-0.15, -0.1) is 0 Å². The Kier molecular flexibility index (Phi) is 4.22. The zero-order chi connectivity index (χ0) is 14.8. The van der Waals surface area contributed by atoms with Gasteiger partial charge in [0.25, 0.3) is 0 Å². The third kappa shape index (κ3) is 3.05. The van der Waals surface area contributed by atoms with Crippen LogP contribution in [0.15, 0.2) is 29.2 Å². The van der Waals surface area contributed by atoms with Crippen molar-refractivity contribution in [2.75, 3.05) is 7.05 Å². The lowest BCUT2D eigenvalue weighted by Gasteiger charge is -2.21. The SMILES string of the molecule is CC(C#N)N(C)S(=O)(=O)c1ccccc1C(F)(F)F. The van der Waals surface area contributed by atoms with Gasteiger partial charge in [-0.25, -0.2) is 8.42 Å². The lowest BCUT2D eigenvalue weighted by atomic mass is 10.2. The number of nitrogens with zero attached hydrogens (tertiary/aromatic N) is 2. The standard InChI is InChI=1S/C11H11F3N2O2S/c1-8(7-15)16(2)19(17,18)10-6-4-3-5-9(10)11(12,13)14/h3-6,8H,1-2H3. The van der Waals surface area contributed by atoms with Gasteiger partial charge in [-0.3, -0.25) is 0 Å². The number of sulfonamides is 1. The molecule has 0 aliphatic rings. The van der Waals surface area contributed by atoms with Crippen LogP contribution in [0.1, 0.15) is 12.5 Å². The topological polar surface area (TPSA) is 61.2 Å². The van der Waals surface area contributed by atoms with E-state index in [-0.39, 0.29) is 0 Å². The van der Waals surface area contributed by atoms with Crippen LogP contribution >= 0.6 is 0 Å². The molecule has 0 aromatic heterocycles. The van der Waals surface area contributed by atoms with Crippen molar-refractivity contribution in [1.29, 1.82) is 5.26 Å². The van der Waals surface area contributed by atoms with Crippen molar-refractivity contribution in [2.24, 2.45) is 0 Å². The molecule has 1 rings (SSSR count). The Balaban J connectivity index is 3.44. The molecule has 0 fully saturated rings. The first-order chi connectivity index (χ1) is 8.62. The molecule has 0 aliphatic carbocycles. The second-order valence-electron chi connectivity index (χ2n) is 3.82. The van der Waals surface area contributed by atoms with Crippen molar-refractivity contribution in [3.63, 3.8) is 0 Å². The van der Waals surface area contributed by atoms with Gasteiger partial charge in [-0.1, -0.05) is 12.1 Å². The van der Waals surface area contributed by atoms with Crippen LogP contribution in [0.5, 0.6) is 0 Å². The molecule has 0 heterocycles. The van der Waals surface area contributed by atoms with E-state index in [2.05, 4.69) is 0 Å². The number of hydrogen-bond donors (Lipinski definition) is 0. The zero-order valence-electron chi connectivity index (χ0n) is 10.1. The highest BCUT2D eigenvalue weighted by molar-refractivity contribution is 7.89. The lowest BCUT2D eigenvalue weighted by Crippen LogP contribution is -2.35. The van der Waals surface area contributed by atoms with Crippen LogP contribution in [0.2, 0.25) is 0 Å². The summed E-state index contributed by atoms with van der Waals surface area (Å²) in [5, 5.41) is 8.67. The average molecular weight is 292 g/mol. The van der Waals surface area contributed by atoms with Gasteiger partial charge in [0.1, 0.15) is 6.04 Å². The second-order valence-corrected chi connectivity index (χ2v) is 5.79. The number of benzene rings is 1. The maximum Gasteiger partial charge on any atom is 0.417 e. The van der Waals surface area contributed by atoms with E-state index < -0.39 is 32.7 Å². The van der Waals surface area contributed by atoms with Crippen LogP contribution in [0.25, 0.3) is 0 Å². The van der Waals surface area contributed by atoms with Crippen LogP contribution < -0.4 is 0 Å². The van der Waals surface area contributed by atoms with Crippen LogP contribution in [0.3, 0.4) is 0 Å². The fraction of sp³-hybridized carbons (Fsp3) is 0.364. The van der Waals surface area contributed by atoms with Crippen molar-refractivity contribution >= 4 is 10.0 Å². The summed E-state index contributed by atoms with van der Waals surface area (Å²) in [7, 11) is -3.31. The van der Waals surface area contributed by atoms with Crippen molar-refractivity contribution in [3.8, 4) is 6.07 Å². The minimum atomic E-state index is -4.78. The van der Waals surface area contributed by atoms with E-state index in [1.165, 1.54) is 13.0 Å². The van der Waals surface area contributed by atoms with Gasteiger partial charge in [0, 0.05) is 7.05 Å².